The maximum Gasteiger partial charge on any atom is 0.255 e. The van der Waals surface area contributed by atoms with Crippen LogP contribution in [-0.2, 0) is 6.42 Å². The summed E-state index contributed by atoms with van der Waals surface area (Å²) in [5.41, 5.74) is 1.86. The number of para-hydroxylation sites is 1. The standard InChI is InChI=1S/C22H28N2O3/c1-26-20-12-6-11-19(21(20)27-2)22(25)23-18-10-7-14-24(16-18)15-13-17-8-4-3-5-9-17/h3-6,8-9,11-12,18H,7,10,13-16H2,1-2H3,(H,23,25)/t18-/m1/s1. The summed E-state index contributed by atoms with van der Waals surface area (Å²) in [6, 6.07) is 16.1. The number of nitrogens with one attached hydrogen (secondary N) is 1. The molecule has 144 valence electrons. The predicted molar refractivity (Wildman–Crippen MR) is 107 cm³/mol. The second-order valence-electron chi connectivity index (χ2n) is 6.89. The molecule has 3 rings (SSSR count). The van der Waals surface area contributed by atoms with Gasteiger partial charge >= 0.3 is 0 Å². The van der Waals surface area contributed by atoms with Gasteiger partial charge in [-0.1, -0.05) is 36.4 Å². The Balaban J connectivity index is 1.58. The van der Waals surface area contributed by atoms with Gasteiger partial charge in [-0.25, -0.2) is 0 Å². The largest absolute Gasteiger partial charge is 0.493 e. The van der Waals surface area contributed by atoms with E-state index in [1.807, 2.05) is 12.1 Å². The van der Waals surface area contributed by atoms with Gasteiger partial charge < -0.3 is 19.7 Å². The summed E-state index contributed by atoms with van der Waals surface area (Å²) in [4.78, 5) is 15.2. The van der Waals surface area contributed by atoms with Crippen molar-refractivity contribution in [2.45, 2.75) is 25.3 Å². The number of methoxy groups -OCH3 is 2. The summed E-state index contributed by atoms with van der Waals surface area (Å²) in [7, 11) is 3.13. The van der Waals surface area contributed by atoms with E-state index in [0.717, 1.165) is 38.9 Å². The Kier molecular flexibility index (Phi) is 6.71. The van der Waals surface area contributed by atoms with Crippen LogP contribution in [0, 0.1) is 0 Å². The topological polar surface area (TPSA) is 50.8 Å². The molecule has 1 aliphatic rings. The lowest BCUT2D eigenvalue weighted by Gasteiger charge is -2.33. The molecule has 5 nitrogen and oxygen atoms in total. The van der Waals surface area contributed by atoms with E-state index >= 15 is 0 Å². The van der Waals surface area contributed by atoms with Gasteiger partial charge in [-0.15, -0.1) is 0 Å². The van der Waals surface area contributed by atoms with Gasteiger partial charge in [-0.05, 0) is 43.5 Å². The number of carbonyl (C=O) groups excluding carboxylic acids is 1. The third-order valence-corrected chi connectivity index (χ3v) is 5.05. The molecule has 1 fully saturated rings. The number of hydrogen-bond acceptors (Lipinski definition) is 4. The minimum Gasteiger partial charge on any atom is -0.493 e. The molecule has 1 N–H and O–H groups in total. The van der Waals surface area contributed by atoms with Gasteiger partial charge in [0.15, 0.2) is 11.5 Å². The Bertz CT molecular complexity index is 748. The van der Waals surface area contributed by atoms with Crippen LogP contribution in [0.5, 0.6) is 11.5 Å². The van der Waals surface area contributed by atoms with Crippen LogP contribution in [0.25, 0.3) is 0 Å². The normalized spacial score (nSPS) is 17.3. The number of hydrogen-bond donors (Lipinski definition) is 1. The fourth-order valence-electron chi connectivity index (χ4n) is 3.64. The van der Waals surface area contributed by atoms with Crippen LogP contribution in [0.4, 0.5) is 0 Å². The molecule has 0 aliphatic carbocycles. The van der Waals surface area contributed by atoms with Crippen LogP contribution >= 0.6 is 0 Å². The summed E-state index contributed by atoms with van der Waals surface area (Å²) >= 11 is 0. The monoisotopic (exact) mass is 368 g/mol. The minimum atomic E-state index is -0.111. The molecular weight excluding hydrogens is 340 g/mol. The first-order chi connectivity index (χ1) is 13.2. The molecule has 1 aliphatic heterocycles. The molecule has 2 aromatic carbocycles. The van der Waals surface area contributed by atoms with Gasteiger partial charge in [0, 0.05) is 19.1 Å². The molecule has 0 radical (unpaired) electrons. The van der Waals surface area contributed by atoms with E-state index in [9.17, 15) is 4.79 Å². The van der Waals surface area contributed by atoms with Gasteiger partial charge in [0.25, 0.3) is 5.91 Å². The van der Waals surface area contributed by atoms with Crippen LogP contribution in [0.2, 0.25) is 0 Å². The van der Waals surface area contributed by atoms with Gasteiger partial charge in [0.1, 0.15) is 0 Å². The average molecular weight is 368 g/mol. The van der Waals surface area contributed by atoms with Crippen LogP contribution in [-0.4, -0.2) is 50.7 Å². The van der Waals surface area contributed by atoms with Gasteiger partial charge in [-0.2, -0.15) is 0 Å². The molecule has 5 heteroatoms. The zero-order valence-corrected chi connectivity index (χ0v) is 16.1. The van der Waals surface area contributed by atoms with Crippen LogP contribution in [0.1, 0.15) is 28.8 Å². The number of likely N-dealkylation sites (tertiary alicyclic amines) is 1. The Hall–Kier alpha value is -2.53. The highest BCUT2D eigenvalue weighted by Crippen LogP contribution is 2.30. The summed E-state index contributed by atoms with van der Waals surface area (Å²) in [5.74, 6) is 0.938. The van der Waals surface area contributed by atoms with E-state index in [1.54, 1.807) is 26.4 Å². The number of ether oxygens (including phenoxy) is 2. The lowest BCUT2D eigenvalue weighted by Crippen LogP contribution is -2.48. The third-order valence-electron chi connectivity index (χ3n) is 5.05. The number of piperidine rings is 1. The molecular formula is C22H28N2O3. The first-order valence-electron chi connectivity index (χ1n) is 9.49. The highest BCUT2D eigenvalue weighted by molar-refractivity contribution is 5.98. The first-order valence-corrected chi connectivity index (χ1v) is 9.49. The number of benzene rings is 2. The van der Waals surface area contributed by atoms with Crippen molar-refractivity contribution in [3.8, 4) is 11.5 Å². The lowest BCUT2D eigenvalue weighted by atomic mass is 10.0. The van der Waals surface area contributed by atoms with Crippen molar-refractivity contribution >= 4 is 5.91 Å². The maximum absolute atomic E-state index is 12.8. The Morgan fingerprint density at radius 2 is 1.93 bits per heavy atom. The molecule has 0 saturated carbocycles. The molecule has 1 amide bonds. The lowest BCUT2D eigenvalue weighted by molar-refractivity contribution is 0.0900. The van der Waals surface area contributed by atoms with E-state index in [-0.39, 0.29) is 11.9 Å². The van der Waals surface area contributed by atoms with Crippen LogP contribution in [0.3, 0.4) is 0 Å². The summed E-state index contributed by atoms with van der Waals surface area (Å²) < 4.78 is 10.7. The number of carbonyl (C=O) groups is 1. The van der Waals surface area contributed by atoms with E-state index in [2.05, 4.69) is 34.5 Å². The predicted octanol–water partition coefficient (Wildman–Crippen LogP) is 3.14. The SMILES string of the molecule is COc1cccc(C(=O)N[C@@H]2CCCN(CCc3ccccc3)C2)c1OC. The van der Waals surface area contributed by atoms with Gasteiger partial charge in [0.05, 0.1) is 19.8 Å². The molecule has 1 saturated heterocycles. The van der Waals surface area contributed by atoms with Gasteiger partial charge in [0.2, 0.25) is 0 Å². The molecule has 0 bridgehead atoms. The zero-order valence-electron chi connectivity index (χ0n) is 16.1. The van der Waals surface area contributed by atoms with Crippen molar-refractivity contribution in [2.75, 3.05) is 33.9 Å². The molecule has 0 aromatic heterocycles. The highest BCUT2D eigenvalue weighted by atomic mass is 16.5. The molecule has 0 unspecified atom stereocenters. The molecule has 1 heterocycles. The van der Waals surface area contributed by atoms with Crippen molar-refractivity contribution < 1.29 is 14.3 Å². The highest BCUT2D eigenvalue weighted by Gasteiger charge is 2.23. The summed E-state index contributed by atoms with van der Waals surface area (Å²) in [6.07, 6.45) is 3.13. The van der Waals surface area contributed by atoms with Crippen molar-refractivity contribution in [3.05, 3.63) is 59.7 Å². The van der Waals surface area contributed by atoms with E-state index in [4.69, 9.17) is 9.47 Å². The summed E-state index contributed by atoms with van der Waals surface area (Å²) in [5, 5.41) is 3.17. The Morgan fingerprint density at radius 3 is 2.67 bits per heavy atom. The van der Waals surface area contributed by atoms with Crippen LogP contribution in [0.15, 0.2) is 48.5 Å². The van der Waals surface area contributed by atoms with Crippen LogP contribution < -0.4 is 14.8 Å². The maximum atomic E-state index is 12.8. The molecule has 2 aromatic rings. The van der Waals surface area contributed by atoms with Crippen molar-refractivity contribution in [1.82, 2.24) is 10.2 Å². The van der Waals surface area contributed by atoms with Crippen molar-refractivity contribution in [3.63, 3.8) is 0 Å². The Labute approximate surface area is 161 Å². The second-order valence-corrected chi connectivity index (χ2v) is 6.89. The number of rotatable bonds is 7. The van der Waals surface area contributed by atoms with Crippen molar-refractivity contribution in [1.29, 1.82) is 0 Å². The van der Waals surface area contributed by atoms with E-state index in [0.29, 0.717) is 17.1 Å². The molecule has 27 heavy (non-hydrogen) atoms. The first kappa shape index (κ1) is 19.2. The number of nitrogens with zero attached hydrogens (tertiary/aromatic N) is 1. The fraction of sp³-hybridized carbons (Fsp3) is 0.409. The second kappa shape index (κ2) is 9.42. The Morgan fingerprint density at radius 1 is 1.11 bits per heavy atom. The molecule has 1 atom stereocenters. The van der Waals surface area contributed by atoms with Gasteiger partial charge in [-0.3, -0.25) is 4.79 Å². The van der Waals surface area contributed by atoms with Crippen molar-refractivity contribution in [2.24, 2.45) is 0 Å². The molecule has 0 spiro atoms. The van der Waals surface area contributed by atoms with E-state index < -0.39 is 0 Å². The smallest absolute Gasteiger partial charge is 0.255 e. The zero-order chi connectivity index (χ0) is 19.1. The quantitative estimate of drug-likeness (QED) is 0.816. The van der Waals surface area contributed by atoms with E-state index in [1.165, 1.54) is 5.56 Å². The summed E-state index contributed by atoms with van der Waals surface area (Å²) in [6.45, 7) is 2.98. The minimum absolute atomic E-state index is 0.111. The third kappa shape index (κ3) is 5.01. The fourth-order valence-corrected chi connectivity index (χ4v) is 3.64. The average Bonchev–Trinajstić information content (AvgIpc) is 2.72. The number of amides is 1.